The molecule has 4 aromatic heterocycles. The molecule has 0 radical (unpaired) electrons. The summed E-state index contributed by atoms with van der Waals surface area (Å²) < 4.78 is 17.6. The van der Waals surface area contributed by atoms with Crippen LogP contribution in [0.15, 0.2) is 49.1 Å². The third-order valence-corrected chi connectivity index (χ3v) is 13.3. The Morgan fingerprint density at radius 1 is 0.762 bits per heavy atom. The number of rotatable bonds is 5. The molecule has 0 unspecified atom stereocenters. The van der Waals surface area contributed by atoms with Gasteiger partial charge in [-0.1, -0.05) is 26.5 Å². The maximum atomic E-state index is 6.13. The number of nitrogens with zero attached hydrogens (tertiary/aromatic N) is 4. The summed E-state index contributed by atoms with van der Waals surface area (Å²) in [4.78, 5) is 23.2. The van der Waals surface area contributed by atoms with Crippen molar-refractivity contribution in [2.24, 2.45) is 0 Å². The number of halogens is 3. The van der Waals surface area contributed by atoms with Crippen LogP contribution < -0.4 is 29.3 Å². The van der Waals surface area contributed by atoms with Gasteiger partial charge in [-0.05, 0) is 34.7 Å². The standard InChI is InChI=1S/C12H12ClN3O2.C6H5ClN.C6H7IN2O.2CH4.3CH3.Sn/c1-17-9-3-4-15-12(14)11(9)7-5-10(18-2)16-6-8(7)13;1-5-2-3-6(7)4-8-5;1-10-4-2-3-9-6(8)5(4)7;;;;;;/h3-6H,1-2H3,(H2,14,15);2,4H,1H3;2-3H,1H3,(H2,8,9);2*1H4;3*1H3;. The number of methoxy groups -OCH3 is 3. The van der Waals surface area contributed by atoms with Gasteiger partial charge in [0.1, 0.15) is 23.1 Å². The van der Waals surface area contributed by atoms with Crippen molar-refractivity contribution in [3.05, 3.63) is 68.4 Å². The van der Waals surface area contributed by atoms with Crippen molar-refractivity contribution in [1.29, 1.82) is 0 Å². The van der Waals surface area contributed by atoms with Gasteiger partial charge in [0.15, 0.2) is 0 Å². The normalized spacial score (nSPS) is 9.95. The summed E-state index contributed by atoms with van der Waals surface area (Å²) in [5, 5.41) is 1.30. The van der Waals surface area contributed by atoms with Crippen molar-refractivity contribution in [3.8, 4) is 28.5 Å². The molecule has 4 aromatic rings. The van der Waals surface area contributed by atoms with Crippen LogP contribution in [-0.4, -0.2) is 59.6 Å². The first-order valence-corrected chi connectivity index (χ1v) is 23.7. The van der Waals surface area contributed by atoms with E-state index in [2.05, 4.69) is 63.4 Å². The number of nitrogens with two attached hydrogens (primary N) is 2. The Morgan fingerprint density at radius 3 is 1.81 bits per heavy atom. The van der Waals surface area contributed by atoms with E-state index in [-0.39, 0.29) is 14.9 Å². The zero-order chi connectivity index (χ0) is 30.0. The minimum absolute atomic E-state index is 0. The van der Waals surface area contributed by atoms with Gasteiger partial charge in [-0.15, -0.1) is 0 Å². The molecule has 0 atom stereocenters. The Labute approximate surface area is 277 Å². The SMILES string of the molecule is C.C.COc1cc(-c2c(OC)ccnc2N)c(Cl)cn1.COc1ccnc(N)c1I.Cc1c[c]([Sn]([CH3])([CH3])[CH3])c(Cl)cn1. The minimum atomic E-state index is -1.99. The fourth-order valence-electron chi connectivity index (χ4n) is 3.34. The Hall–Kier alpha value is -2.29. The zero-order valence-electron chi connectivity index (χ0n) is 23.4. The van der Waals surface area contributed by atoms with Crippen molar-refractivity contribution in [2.45, 2.75) is 36.6 Å². The summed E-state index contributed by atoms with van der Waals surface area (Å²) in [6, 6.07) is 7.32. The average Bonchev–Trinajstić information content (AvgIpc) is 2.92. The van der Waals surface area contributed by atoms with Crippen LogP contribution in [0.25, 0.3) is 11.1 Å². The molecule has 230 valence electrons. The second-order valence-electron chi connectivity index (χ2n) is 9.25. The van der Waals surface area contributed by atoms with E-state index in [9.17, 15) is 0 Å². The molecule has 0 bridgehead atoms. The summed E-state index contributed by atoms with van der Waals surface area (Å²) in [7, 11) is 4.70. The predicted octanol–water partition coefficient (Wildman–Crippen LogP) is 7.53. The van der Waals surface area contributed by atoms with Crippen LogP contribution >= 0.6 is 45.8 Å². The molecule has 13 heteroatoms. The molecule has 0 saturated heterocycles. The molecule has 0 spiro atoms. The van der Waals surface area contributed by atoms with Crippen LogP contribution in [0.1, 0.15) is 20.5 Å². The maximum absolute atomic E-state index is 6.13. The molecule has 0 amide bonds. The van der Waals surface area contributed by atoms with Crippen molar-refractivity contribution in [1.82, 2.24) is 19.9 Å². The van der Waals surface area contributed by atoms with Gasteiger partial charge in [-0.25, -0.2) is 15.0 Å². The van der Waals surface area contributed by atoms with Gasteiger partial charge >= 0.3 is 83.3 Å². The molecule has 0 aliphatic carbocycles. The van der Waals surface area contributed by atoms with Crippen LogP contribution in [0.3, 0.4) is 0 Å². The predicted molar refractivity (Wildman–Crippen MR) is 188 cm³/mol. The van der Waals surface area contributed by atoms with Crippen molar-refractivity contribution < 1.29 is 14.2 Å². The molecular formula is C29H41Cl2IN6O3Sn. The molecule has 0 aliphatic heterocycles. The number of aryl methyl sites for hydroxylation is 1. The van der Waals surface area contributed by atoms with E-state index in [1.54, 1.807) is 51.0 Å². The second-order valence-corrected chi connectivity index (χ2v) is 25.5. The summed E-state index contributed by atoms with van der Waals surface area (Å²) >= 11 is 12.3. The fourth-order valence-corrected chi connectivity index (χ4v) is 10.1. The fraction of sp³-hybridized carbons (Fsp3) is 0.310. The van der Waals surface area contributed by atoms with Gasteiger partial charge in [-0.3, -0.25) is 0 Å². The van der Waals surface area contributed by atoms with E-state index in [1.807, 2.05) is 6.92 Å². The molecule has 4 N–H and O–H groups in total. The Morgan fingerprint density at radius 2 is 1.31 bits per heavy atom. The molecule has 4 heterocycles. The third-order valence-electron chi connectivity index (χ3n) is 5.37. The van der Waals surface area contributed by atoms with Gasteiger partial charge in [-0.2, -0.15) is 0 Å². The van der Waals surface area contributed by atoms with E-state index in [0.29, 0.717) is 39.4 Å². The number of nitrogen functional groups attached to an aromatic ring is 2. The van der Waals surface area contributed by atoms with E-state index >= 15 is 0 Å². The number of anilines is 2. The number of hydrogen-bond acceptors (Lipinski definition) is 9. The van der Waals surface area contributed by atoms with Crippen molar-refractivity contribution in [3.63, 3.8) is 0 Å². The monoisotopic (exact) mass is 838 g/mol. The van der Waals surface area contributed by atoms with E-state index in [0.717, 1.165) is 20.0 Å². The number of aromatic nitrogens is 4. The zero-order valence-corrected chi connectivity index (χ0v) is 29.9. The first-order chi connectivity index (χ1) is 18.8. The van der Waals surface area contributed by atoms with Crippen LogP contribution in [0, 0.1) is 10.5 Å². The van der Waals surface area contributed by atoms with Crippen LogP contribution in [0.5, 0.6) is 17.4 Å². The third kappa shape index (κ3) is 11.1. The van der Waals surface area contributed by atoms with Gasteiger partial charge in [0, 0.05) is 24.0 Å². The first kappa shape index (κ1) is 39.7. The quantitative estimate of drug-likeness (QED) is 0.155. The topological polar surface area (TPSA) is 131 Å². The molecule has 0 fully saturated rings. The molecule has 9 nitrogen and oxygen atoms in total. The van der Waals surface area contributed by atoms with E-state index in [4.69, 9.17) is 48.9 Å². The molecule has 0 aromatic carbocycles. The molecule has 0 aliphatic rings. The Bertz CT molecular complexity index is 1440. The van der Waals surface area contributed by atoms with Gasteiger partial charge in [0.2, 0.25) is 5.88 Å². The van der Waals surface area contributed by atoms with E-state index in [1.165, 1.54) is 16.9 Å². The summed E-state index contributed by atoms with van der Waals surface area (Å²) in [6.07, 6.45) is 6.47. The summed E-state index contributed by atoms with van der Waals surface area (Å²) in [6.45, 7) is 2.01. The second kappa shape index (κ2) is 18.4. The van der Waals surface area contributed by atoms with Crippen LogP contribution in [0.4, 0.5) is 11.6 Å². The molecule has 0 saturated carbocycles. The molecule has 42 heavy (non-hydrogen) atoms. The number of pyridine rings is 4. The van der Waals surface area contributed by atoms with Crippen LogP contribution in [-0.2, 0) is 0 Å². The van der Waals surface area contributed by atoms with Gasteiger partial charge in [0.05, 0.1) is 41.7 Å². The first-order valence-electron chi connectivity index (χ1n) is 11.9. The van der Waals surface area contributed by atoms with Crippen molar-refractivity contribution >= 4 is 79.4 Å². The average molecular weight is 838 g/mol. The summed E-state index contributed by atoms with van der Waals surface area (Å²) in [5.41, 5.74) is 13.7. The number of hydrogen-bond donors (Lipinski definition) is 2. The Balaban J connectivity index is 0.000000617. The van der Waals surface area contributed by atoms with Crippen LogP contribution in [0.2, 0.25) is 24.9 Å². The molecular weight excluding hydrogens is 797 g/mol. The number of ether oxygens (including phenoxy) is 3. The molecule has 4 rings (SSSR count). The van der Waals surface area contributed by atoms with Gasteiger partial charge < -0.3 is 25.7 Å². The summed E-state index contributed by atoms with van der Waals surface area (Å²) in [5.74, 6) is 2.66. The van der Waals surface area contributed by atoms with E-state index < -0.39 is 18.4 Å². The Kier molecular flexibility index (Phi) is 17.4. The van der Waals surface area contributed by atoms with Gasteiger partial charge in [0.25, 0.3) is 0 Å². The van der Waals surface area contributed by atoms with Crippen molar-refractivity contribution in [2.75, 3.05) is 32.8 Å².